The molecule has 3 aromatic rings. The fourth-order valence-electron chi connectivity index (χ4n) is 2.04. The molecule has 0 aliphatic carbocycles. The van der Waals surface area contributed by atoms with Crippen LogP contribution in [0.5, 0.6) is 0 Å². The summed E-state index contributed by atoms with van der Waals surface area (Å²) in [4.78, 5) is 14.7. The number of rotatable bonds is 2. The summed E-state index contributed by atoms with van der Waals surface area (Å²) >= 11 is 0. The zero-order chi connectivity index (χ0) is 13.4. The third-order valence-electron chi connectivity index (χ3n) is 3.07. The van der Waals surface area contributed by atoms with Crippen molar-refractivity contribution >= 4 is 11.3 Å². The van der Waals surface area contributed by atoms with Gasteiger partial charge < -0.3 is 21.4 Å². The summed E-state index contributed by atoms with van der Waals surface area (Å²) in [5.41, 5.74) is 3.73. The van der Waals surface area contributed by atoms with Gasteiger partial charge in [-0.3, -0.25) is 10.1 Å². The minimum atomic E-state index is -0.405. The molecule has 0 spiro atoms. The molecular weight excluding hydrogens is 322 g/mol. The van der Waals surface area contributed by atoms with Crippen molar-refractivity contribution in [2.45, 2.75) is 6.92 Å². The molecule has 0 saturated carbocycles. The second kappa shape index (κ2) is 5.42. The van der Waals surface area contributed by atoms with Gasteiger partial charge in [0, 0.05) is 29.6 Å². The van der Waals surface area contributed by atoms with E-state index in [1.807, 2.05) is 35.7 Å². The van der Waals surface area contributed by atoms with E-state index in [0.717, 1.165) is 22.6 Å². The van der Waals surface area contributed by atoms with Crippen LogP contribution in [-0.4, -0.2) is 14.3 Å². The van der Waals surface area contributed by atoms with Crippen molar-refractivity contribution in [2.75, 3.05) is 0 Å². The van der Waals surface area contributed by atoms with Crippen molar-refractivity contribution in [2.24, 2.45) is 0 Å². The summed E-state index contributed by atoms with van der Waals surface area (Å²) in [5, 5.41) is 10.6. The van der Waals surface area contributed by atoms with Gasteiger partial charge in [-0.05, 0) is 31.2 Å². The molecule has 1 aromatic carbocycles. The van der Waals surface area contributed by atoms with E-state index < -0.39 is 4.92 Å². The molecule has 3 rings (SSSR count). The van der Waals surface area contributed by atoms with Crippen molar-refractivity contribution in [3.8, 4) is 11.3 Å². The summed E-state index contributed by atoms with van der Waals surface area (Å²) in [6.07, 6.45) is 1.94. The van der Waals surface area contributed by atoms with Crippen LogP contribution in [0.2, 0.25) is 0 Å². The van der Waals surface area contributed by atoms with Crippen LogP contribution >= 0.6 is 0 Å². The normalized spacial score (nSPS) is 10.2. The monoisotopic (exact) mass is 332 g/mol. The Kier molecular flexibility index (Phi) is 3.85. The Balaban J connectivity index is 0.00000147. The van der Waals surface area contributed by atoms with Gasteiger partial charge in [0.25, 0.3) is 5.69 Å². The molecule has 102 valence electrons. The molecule has 0 unspecified atom stereocenters. The number of hydrogen-bond donors (Lipinski definition) is 0. The molecule has 2 aromatic heterocycles. The number of aryl methyl sites for hydroxylation is 1. The Labute approximate surface area is 125 Å². The molecule has 6 heteroatoms. The van der Waals surface area contributed by atoms with E-state index in [0.29, 0.717) is 0 Å². The van der Waals surface area contributed by atoms with Crippen molar-refractivity contribution in [1.29, 1.82) is 0 Å². The number of aromatic nitrogens is 2. The van der Waals surface area contributed by atoms with Gasteiger partial charge in [0.2, 0.25) is 0 Å². The molecule has 0 radical (unpaired) electrons. The van der Waals surface area contributed by atoms with Crippen molar-refractivity contribution in [1.82, 2.24) is 9.38 Å². The van der Waals surface area contributed by atoms with Crippen LogP contribution < -0.4 is 17.0 Å². The second-order valence-corrected chi connectivity index (χ2v) is 4.33. The predicted octanol–water partition coefficient (Wildman–Crippen LogP) is 0.222. The smallest absolute Gasteiger partial charge is 0.269 e. The topological polar surface area (TPSA) is 60.4 Å². The number of fused-ring (bicyclic) bond motifs is 1. The van der Waals surface area contributed by atoms with Gasteiger partial charge >= 0.3 is 0 Å². The molecule has 0 aliphatic heterocycles. The number of nitro benzene ring substituents is 1. The van der Waals surface area contributed by atoms with Gasteiger partial charge in [0.05, 0.1) is 10.6 Å². The van der Waals surface area contributed by atoms with E-state index in [2.05, 4.69) is 4.98 Å². The van der Waals surface area contributed by atoms with E-state index in [1.54, 1.807) is 12.1 Å². The van der Waals surface area contributed by atoms with E-state index in [1.165, 1.54) is 12.1 Å². The molecule has 0 fully saturated rings. The highest BCUT2D eigenvalue weighted by Gasteiger charge is 2.08. The Morgan fingerprint density at radius 3 is 2.45 bits per heavy atom. The Bertz CT molecular complexity index is 766. The number of halogens is 1. The summed E-state index contributed by atoms with van der Waals surface area (Å²) in [6, 6.07) is 12.3. The lowest BCUT2D eigenvalue weighted by atomic mass is 10.1. The maximum Gasteiger partial charge on any atom is 0.269 e. The second-order valence-electron chi connectivity index (χ2n) is 4.33. The Morgan fingerprint density at radius 1 is 1.15 bits per heavy atom. The lowest BCUT2D eigenvalue weighted by Crippen LogP contribution is -3.00. The maximum atomic E-state index is 10.6. The SMILES string of the molecule is Cc1cccc2nc(-c3ccc([N+](=O)[O-])cc3)cn12.[Br-]. The molecule has 0 bridgehead atoms. The molecule has 0 atom stereocenters. The van der Waals surface area contributed by atoms with Gasteiger partial charge in [0.1, 0.15) is 5.65 Å². The Morgan fingerprint density at radius 2 is 1.85 bits per heavy atom. The number of imidazole rings is 1. The zero-order valence-electron chi connectivity index (χ0n) is 10.7. The van der Waals surface area contributed by atoms with Crippen LogP contribution in [0.25, 0.3) is 16.9 Å². The molecule has 5 nitrogen and oxygen atoms in total. The first-order valence-electron chi connectivity index (χ1n) is 5.85. The van der Waals surface area contributed by atoms with E-state index in [9.17, 15) is 10.1 Å². The molecule has 0 N–H and O–H groups in total. The first kappa shape index (κ1) is 14.2. The molecule has 0 aliphatic rings. The van der Waals surface area contributed by atoms with Gasteiger partial charge in [-0.15, -0.1) is 0 Å². The minimum absolute atomic E-state index is 0. The molecular formula is C14H11BrN3O2-. The summed E-state index contributed by atoms with van der Waals surface area (Å²) in [7, 11) is 0. The number of nitro groups is 1. The number of non-ortho nitro benzene ring substituents is 1. The number of hydrogen-bond acceptors (Lipinski definition) is 3. The quantitative estimate of drug-likeness (QED) is 0.498. The van der Waals surface area contributed by atoms with E-state index >= 15 is 0 Å². The van der Waals surface area contributed by atoms with Crippen LogP contribution in [0.1, 0.15) is 5.69 Å². The highest BCUT2D eigenvalue weighted by atomic mass is 79.9. The lowest BCUT2D eigenvalue weighted by Gasteiger charge is -1.96. The van der Waals surface area contributed by atoms with E-state index in [4.69, 9.17) is 0 Å². The maximum absolute atomic E-state index is 10.6. The molecule has 0 amide bonds. The summed E-state index contributed by atoms with van der Waals surface area (Å²) in [5.74, 6) is 0. The van der Waals surface area contributed by atoms with Gasteiger partial charge in [-0.25, -0.2) is 4.98 Å². The fourth-order valence-corrected chi connectivity index (χ4v) is 2.04. The fraction of sp³-hybridized carbons (Fsp3) is 0.0714. The summed E-state index contributed by atoms with van der Waals surface area (Å²) in [6.45, 7) is 2.01. The van der Waals surface area contributed by atoms with Gasteiger partial charge in [-0.1, -0.05) is 6.07 Å². The largest absolute Gasteiger partial charge is 1.00 e. The third kappa shape index (κ3) is 2.42. The average molecular weight is 333 g/mol. The average Bonchev–Trinajstić information content (AvgIpc) is 2.84. The molecule has 2 heterocycles. The van der Waals surface area contributed by atoms with Crippen LogP contribution in [0.3, 0.4) is 0 Å². The van der Waals surface area contributed by atoms with Crippen molar-refractivity contribution in [3.05, 3.63) is 64.5 Å². The predicted molar refractivity (Wildman–Crippen MR) is 72.0 cm³/mol. The van der Waals surface area contributed by atoms with Crippen molar-refractivity contribution < 1.29 is 21.9 Å². The van der Waals surface area contributed by atoms with Crippen LogP contribution in [0.15, 0.2) is 48.7 Å². The highest BCUT2D eigenvalue weighted by molar-refractivity contribution is 5.64. The lowest BCUT2D eigenvalue weighted by molar-refractivity contribution is -0.384. The number of nitrogens with zero attached hydrogens (tertiary/aromatic N) is 3. The van der Waals surface area contributed by atoms with Gasteiger partial charge in [-0.2, -0.15) is 0 Å². The molecule has 0 saturated heterocycles. The molecule has 20 heavy (non-hydrogen) atoms. The van der Waals surface area contributed by atoms with Crippen LogP contribution in [0, 0.1) is 17.0 Å². The van der Waals surface area contributed by atoms with Crippen LogP contribution in [-0.2, 0) is 0 Å². The number of pyridine rings is 1. The van der Waals surface area contributed by atoms with E-state index in [-0.39, 0.29) is 22.7 Å². The van der Waals surface area contributed by atoms with Crippen molar-refractivity contribution in [3.63, 3.8) is 0 Å². The number of benzene rings is 1. The first-order chi connectivity index (χ1) is 9.15. The summed E-state index contributed by atoms with van der Waals surface area (Å²) < 4.78 is 2.00. The first-order valence-corrected chi connectivity index (χ1v) is 5.85. The Hall–Kier alpha value is -2.21. The highest BCUT2D eigenvalue weighted by Crippen LogP contribution is 2.22. The van der Waals surface area contributed by atoms with Gasteiger partial charge in [0.15, 0.2) is 0 Å². The zero-order valence-corrected chi connectivity index (χ0v) is 12.2. The van der Waals surface area contributed by atoms with Crippen LogP contribution in [0.4, 0.5) is 5.69 Å². The standard InChI is InChI=1S/C14H11N3O2.BrH/c1-10-3-2-4-14-15-13(9-16(10)14)11-5-7-12(8-6-11)17(18)19;/h2-9H,1H3;1H/p-1. The third-order valence-corrected chi connectivity index (χ3v) is 3.07. The minimum Gasteiger partial charge on any atom is -1.00 e.